The molecule has 1 aromatic heterocycles. The van der Waals surface area contributed by atoms with Crippen molar-refractivity contribution < 1.29 is 0 Å². The fraction of sp³-hybridized carbons (Fsp3) is 0.524. The molecule has 2 heterocycles. The van der Waals surface area contributed by atoms with Gasteiger partial charge >= 0.3 is 0 Å². The molecule has 140 valence electrons. The molecule has 1 aliphatic heterocycles. The summed E-state index contributed by atoms with van der Waals surface area (Å²) in [6.45, 7) is 10.6. The number of aromatic nitrogens is 2. The quantitative estimate of drug-likeness (QED) is 0.788. The van der Waals surface area contributed by atoms with E-state index >= 15 is 0 Å². The van der Waals surface area contributed by atoms with Gasteiger partial charge in [0.2, 0.25) is 5.95 Å². The Morgan fingerprint density at radius 3 is 2.35 bits per heavy atom. The highest BCUT2D eigenvalue weighted by atomic mass is 15.2. The van der Waals surface area contributed by atoms with Crippen LogP contribution >= 0.6 is 0 Å². The van der Waals surface area contributed by atoms with Crippen molar-refractivity contribution in [2.24, 2.45) is 0 Å². The van der Waals surface area contributed by atoms with Crippen LogP contribution in [0.2, 0.25) is 0 Å². The van der Waals surface area contributed by atoms with Crippen LogP contribution in [0, 0.1) is 0 Å². The molecule has 5 heteroatoms. The maximum Gasteiger partial charge on any atom is 0.222 e. The van der Waals surface area contributed by atoms with Crippen LogP contribution < -0.4 is 5.32 Å². The van der Waals surface area contributed by atoms with Gasteiger partial charge in [-0.3, -0.25) is 9.80 Å². The van der Waals surface area contributed by atoms with E-state index in [0.29, 0.717) is 6.04 Å². The standard InChI is InChI=1S/C21H31N5/c1-3-22-21-23-14-19(15-24-21)16-25-12-10-20(11-13-25)26(4-2)17-18-8-6-5-7-9-18/h5-9,14-15,20H,3-4,10-13,16-17H2,1-2H3,(H,22,23,24). The van der Waals surface area contributed by atoms with Gasteiger partial charge in [-0.1, -0.05) is 37.3 Å². The van der Waals surface area contributed by atoms with Crippen LogP contribution in [0.3, 0.4) is 0 Å². The Morgan fingerprint density at radius 1 is 1.04 bits per heavy atom. The number of hydrogen-bond donors (Lipinski definition) is 1. The molecule has 5 nitrogen and oxygen atoms in total. The molecule has 26 heavy (non-hydrogen) atoms. The predicted molar refractivity (Wildman–Crippen MR) is 107 cm³/mol. The molecule has 3 rings (SSSR count). The van der Waals surface area contributed by atoms with Crippen LogP contribution in [0.4, 0.5) is 5.95 Å². The van der Waals surface area contributed by atoms with E-state index in [4.69, 9.17) is 0 Å². The lowest BCUT2D eigenvalue weighted by Crippen LogP contribution is -2.44. The van der Waals surface area contributed by atoms with Gasteiger partial charge in [-0.25, -0.2) is 9.97 Å². The van der Waals surface area contributed by atoms with E-state index in [1.165, 1.54) is 24.0 Å². The summed E-state index contributed by atoms with van der Waals surface area (Å²) >= 11 is 0. The molecule has 0 unspecified atom stereocenters. The molecule has 0 radical (unpaired) electrons. The lowest BCUT2D eigenvalue weighted by atomic mass is 10.0. The largest absolute Gasteiger partial charge is 0.355 e. The number of nitrogens with one attached hydrogen (secondary N) is 1. The Labute approximate surface area is 157 Å². The van der Waals surface area contributed by atoms with Gasteiger partial charge in [0, 0.05) is 43.6 Å². The number of hydrogen-bond acceptors (Lipinski definition) is 5. The third-order valence-corrected chi connectivity index (χ3v) is 5.15. The van der Waals surface area contributed by atoms with Gasteiger partial charge in [-0.2, -0.15) is 0 Å². The molecule has 1 aliphatic rings. The molecule has 0 atom stereocenters. The summed E-state index contributed by atoms with van der Waals surface area (Å²) < 4.78 is 0. The Bertz CT molecular complexity index is 635. The number of anilines is 1. The molecule has 1 saturated heterocycles. The van der Waals surface area contributed by atoms with Gasteiger partial charge in [0.1, 0.15) is 0 Å². The molecule has 1 fully saturated rings. The molecule has 0 aliphatic carbocycles. The average molecular weight is 354 g/mol. The SMILES string of the molecule is CCNc1ncc(CN2CCC(N(CC)Cc3ccccc3)CC2)cn1. The summed E-state index contributed by atoms with van der Waals surface area (Å²) in [5, 5.41) is 3.14. The third-order valence-electron chi connectivity index (χ3n) is 5.15. The first-order valence-electron chi connectivity index (χ1n) is 9.83. The highest BCUT2D eigenvalue weighted by molar-refractivity contribution is 5.24. The van der Waals surface area contributed by atoms with Crippen molar-refractivity contribution in [3.8, 4) is 0 Å². The van der Waals surface area contributed by atoms with E-state index in [1.807, 2.05) is 12.4 Å². The normalized spacial score (nSPS) is 16.1. The van der Waals surface area contributed by atoms with Gasteiger partial charge in [-0.05, 0) is 45.0 Å². The monoisotopic (exact) mass is 353 g/mol. The summed E-state index contributed by atoms with van der Waals surface area (Å²) in [4.78, 5) is 13.9. The minimum Gasteiger partial charge on any atom is -0.355 e. The molecular weight excluding hydrogens is 322 g/mol. The molecule has 0 amide bonds. The molecule has 0 bridgehead atoms. The maximum absolute atomic E-state index is 4.38. The zero-order chi connectivity index (χ0) is 18.2. The van der Waals surface area contributed by atoms with Crippen LogP contribution in [-0.4, -0.2) is 52.0 Å². The van der Waals surface area contributed by atoms with Crippen molar-refractivity contribution in [2.45, 2.75) is 45.8 Å². The van der Waals surface area contributed by atoms with Crippen LogP contribution in [-0.2, 0) is 13.1 Å². The molecule has 1 aromatic carbocycles. The average Bonchev–Trinajstić information content (AvgIpc) is 2.69. The maximum atomic E-state index is 4.38. The van der Waals surface area contributed by atoms with Crippen molar-refractivity contribution in [2.75, 3.05) is 31.5 Å². The van der Waals surface area contributed by atoms with E-state index in [1.54, 1.807) is 0 Å². The van der Waals surface area contributed by atoms with E-state index < -0.39 is 0 Å². The number of nitrogens with zero attached hydrogens (tertiary/aromatic N) is 4. The van der Waals surface area contributed by atoms with Crippen molar-refractivity contribution >= 4 is 5.95 Å². The number of likely N-dealkylation sites (tertiary alicyclic amines) is 1. The van der Waals surface area contributed by atoms with E-state index in [0.717, 1.165) is 45.2 Å². The van der Waals surface area contributed by atoms with Crippen molar-refractivity contribution in [1.29, 1.82) is 0 Å². The summed E-state index contributed by atoms with van der Waals surface area (Å²) in [6.07, 6.45) is 6.36. The first kappa shape index (κ1) is 18.8. The zero-order valence-corrected chi connectivity index (χ0v) is 16.1. The molecule has 0 saturated carbocycles. The smallest absolute Gasteiger partial charge is 0.222 e. The van der Waals surface area contributed by atoms with Gasteiger partial charge < -0.3 is 5.32 Å². The Morgan fingerprint density at radius 2 is 1.73 bits per heavy atom. The number of benzene rings is 1. The fourth-order valence-corrected chi connectivity index (χ4v) is 3.70. The summed E-state index contributed by atoms with van der Waals surface area (Å²) in [5.74, 6) is 0.717. The second-order valence-corrected chi connectivity index (χ2v) is 7.00. The number of rotatable bonds is 8. The minimum absolute atomic E-state index is 0.684. The van der Waals surface area contributed by atoms with Gasteiger partial charge in [0.25, 0.3) is 0 Å². The Kier molecular flexibility index (Phi) is 6.97. The molecule has 2 aromatic rings. The lowest BCUT2D eigenvalue weighted by Gasteiger charge is -2.38. The van der Waals surface area contributed by atoms with Crippen LogP contribution in [0.1, 0.15) is 37.8 Å². The predicted octanol–water partition coefficient (Wildman–Crippen LogP) is 3.39. The van der Waals surface area contributed by atoms with Crippen LogP contribution in [0.15, 0.2) is 42.7 Å². The second-order valence-electron chi connectivity index (χ2n) is 7.00. The molecule has 0 spiro atoms. The van der Waals surface area contributed by atoms with Crippen LogP contribution in [0.25, 0.3) is 0 Å². The van der Waals surface area contributed by atoms with Gasteiger partial charge in [0.15, 0.2) is 0 Å². The second kappa shape index (κ2) is 9.64. The highest BCUT2D eigenvalue weighted by Gasteiger charge is 2.23. The summed E-state index contributed by atoms with van der Waals surface area (Å²) in [6, 6.07) is 11.5. The Hall–Kier alpha value is -1.98. The summed E-state index contributed by atoms with van der Waals surface area (Å²) in [5.41, 5.74) is 2.61. The third kappa shape index (κ3) is 5.26. The van der Waals surface area contributed by atoms with Crippen molar-refractivity contribution in [3.05, 3.63) is 53.9 Å². The first-order valence-corrected chi connectivity index (χ1v) is 9.83. The topological polar surface area (TPSA) is 44.3 Å². The van der Waals surface area contributed by atoms with Crippen molar-refractivity contribution in [1.82, 2.24) is 19.8 Å². The van der Waals surface area contributed by atoms with Crippen LogP contribution in [0.5, 0.6) is 0 Å². The number of piperidine rings is 1. The van der Waals surface area contributed by atoms with E-state index in [2.05, 4.69) is 69.3 Å². The Balaban J connectivity index is 1.48. The van der Waals surface area contributed by atoms with Crippen molar-refractivity contribution in [3.63, 3.8) is 0 Å². The van der Waals surface area contributed by atoms with E-state index in [-0.39, 0.29) is 0 Å². The van der Waals surface area contributed by atoms with Gasteiger partial charge in [0.05, 0.1) is 0 Å². The zero-order valence-electron chi connectivity index (χ0n) is 16.1. The minimum atomic E-state index is 0.684. The fourth-order valence-electron chi connectivity index (χ4n) is 3.70. The first-order chi connectivity index (χ1) is 12.8. The lowest BCUT2D eigenvalue weighted by molar-refractivity contribution is 0.103. The molecule has 1 N–H and O–H groups in total. The van der Waals surface area contributed by atoms with E-state index in [9.17, 15) is 0 Å². The molecular formula is C21H31N5. The summed E-state index contributed by atoms with van der Waals surface area (Å²) in [7, 11) is 0. The highest BCUT2D eigenvalue weighted by Crippen LogP contribution is 2.20. The van der Waals surface area contributed by atoms with Gasteiger partial charge in [-0.15, -0.1) is 0 Å².